The smallest absolute Gasteiger partial charge is 0.253 e. The molecule has 156 valence electrons. The summed E-state index contributed by atoms with van der Waals surface area (Å²) < 4.78 is 5.53. The van der Waals surface area contributed by atoms with E-state index in [1.54, 1.807) is 30.3 Å². The minimum Gasteiger partial charge on any atom is -0.376 e. The lowest BCUT2D eigenvalue weighted by Crippen LogP contribution is -2.35. The fourth-order valence-corrected chi connectivity index (χ4v) is 3.26. The van der Waals surface area contributed by atoms with Gasteiger partial charge in [-0.2, -0.15) is 0 Å². The SMILES string of the molecule is Cc1ccc(C=CC(=O)NC(=S)Nc2ccccc2C(=O)NCC2CCCO2)cc1. The molecule has 1 unspecified atom stereocenters. The molecule has 2 amide bonds. The molecule has 0 saturated carbocycles. The molecule has 1 heterocycles. The molecule has 7 heteroatoms. The highest BCUT2D eigenvalue weighted by molar-refractivity contribution is 7.80. The Bertz CT molecular complexity index is 935. The molecule has 0 aromatic heterocycles. The van der Waals surface area contributed by atoms with Gasteiger partial charge in [-0.1, -0.05) is 42.0 Å². The van der Waals surface area contributed by atoms with Gasteiger partial charge in [-0.05, 0) is 55.8 Å². The summed E-state index contributed by atoms with van der Waals surface area (Å²) in [6.45, 7) is 3.22. The van der Waals surface area contributed by atoms with E-state index in [-0.39, 0.29) is 23.0 Å². The van der Waals surface area contributed by atoms with Gasteiger partial charge in [-0.25, -0.2) is 0 Å². The van der Waals surface area contributed by atoms with Crippen LogP contribution in [0.5, 0.6) is 0 Å². The molecule has 1 aliphatic rings. The standard InChI is InChI=1S/C23H25N3O3S/c1-16-8-10-17(11-9-16)12-13-21(27)26-23(30)25-20-7-3-2-6-19(20)22(28)24-15-18-5-4-14-29-18/h2-3,6-13,18H,4-5,14-15H2,1H3,(H,24,28)(H2,25,26,27,30). The number of thiocarbonyl (C=S) groups is 1. The van der Waals surface area contributed by atoms with Gasteiger partial charge in [0.1, 0.15) is 0 Å². The third kappa shape index (κ3) is 6.50. The van der Waals surface area contributed by atoms with Crippen LogP contribution in [0.1, 0.15) is 34.3 Å². The second kappa shape index (κ2) is 10.7. The highest BCUT2D eigenvalue weighted by Gasteiger charge is 2.18. The second-order valence-electron chi connectivity index (χ2n) is 7.08. The van der Waals surface area contributed by atoms with Crippen LogP contribution in [-0.4, -0.2) is 36.2 Å². The number of nitrogens with one attached hydrogen (secondary N) is 3. The quantitative estimate of drug-likeness (QED) is 0.490. The number of amides is 2. The van der Waals surface area contributed by atoms with Gasteiger partial charge in [0.2, 0.25) is 5.91 Å². The molecule has 2 aromatic rings. The van der Waals surface area contributed by atoms with Crippen LogP contribution in [0.25, 0.3) is 6.08 Å². The number of aryl methyl sites for hydroxylation is 1. The average Bonchev–Trinajstić information content (AvgIpc) is 3.25. The molecule has 0 bridgehead atoms. The average molecular weight is 424 g/mol. The predicted molar refractivity (Wildman–Crippen MR) is 122 cm³/mol. The molecule has 2 aromatic carbocycles. The van der Waals surface area contributed by atoms with Crippen molar-refractivity contribution < 1.29 is 14.3 Å². The lowest BCUT2D eigenvalue weighted by atomic mass is 10.1. The van der Waals surface area contributed by atoms with Crippen molar-refractivity contribution in [1.82, 2.24) is 10.6 Å². The van der Waals surface area contributed by atoms with Crippen LogP contribution in [0, 0.1) is 6.92 Å². The zero-order valence-electron chi connectivity index (χ0n) is 16.8. The molecule has 3 N–H and O–H groups in total. The van der Waals surface area contributed by atoms with Crippen LogP contribution >= 0.6 is 12.2 Å². The molecule has 1 atom stereocenters. The van der Waals surface area contributed by atoms with Crippen molar-refractivity contribution in [2.24, 2.45) is 0 Å². The van der Waals surface area contributed by atoms with E-state index in [1.165, 1.54) is 6.08 Å². The van der Waals surface area contributed by atoms with Crippen LogP contribution in [0.2, 0.25) is 0 Å². The zero-order valence-corrected chi connectivity index (χ0v) is 17.6. The Morgan fingerprint density at radius 1 is 1.17 bits per heavy atom. The van der Waals surface area contributed by atoms with Gasteiger partial charge in [0.15, 0.2) is 5.11 Å². The maximum Gasteiger partial charge on any atom is 0.253 e. The van der Waals surface area contributed by atoms with Crippen molar-refractivity contribution in [2.75, 3.05) is 18.5 Å². The van der Waals surface area contributed by atoms with Gasteiger partial charge in [0.05, 0.1) is 17.4 Å². The second-order valence-corrected chi connectivity index (χ2v) is 7.49. The molecule has 6 nitrogen and oxygen atoms in total. The van der Waals surface area contributed by atoms with Gasteiger partial charge < -0.3 is 15.4 Å². The number of hydrogen-bond donors (Lipinski definition) is 3. The topological polar surface area (TPSA) is 79.5 Å². The minimum absolute atomic E-state index is 0.0646. The highest BCUT2D eigenvalue weighted by atomic mass is 32.1. The number of anilines is 1. The fraction of sp³-hybridized carbons (Fsp3) is 0.261. The lowest BCUT2D eigenvalue weighted by Gasteiger charge is -2.14. The van der Waals surface area contributed by atoms with Crippen LogP contribution in [0.3, 0.4) is 0 Å². The largest absolute Gasteiger partial charge is 0.376 e. The molecular formula is C23H25N3O3S. The van der Waals surface area contributed by atoms with Gasteiger partial charge in [0.25, 0.3) is 5.91 Å². The molecule has 0 aliphatic carbocycles. The normalized spacial score (nSPS) is 15.7. The number of hydrogen-bond acceptors (Lipinski definition) is 4. The van der Waals surface area contributed by atoms with Gasteiger partial charge in [-0.3, -0.25) is 14.9 Å². The number of carbonyl (C=O) groups is 2. The number of benzene rings is 2. The molecule has 0 radical (unpaired) electrons. The van der Waals surface area contributed by atoms with Crippen molar-refractivity contribution in [2.45, 2.75) is 25.9 Å². The first-order valence-electron chi connectivity index (χ1n) is 9.87. The molecule has 3 rings (SSSR count). The first-order chi connectivity index (χ1) is 14.5. The van der Waals surface area contributed by atoms with E-state index in [4.69, 9.17) is 17.0 Å². The van der Waals surface area contributed by atoms with E-state index in [0.717, 1.165) is 30.6 Å². The highest BCUT2D eigenvalue weighted by Crippen LogP contribution is 2.16. The molecular weight excluding hydrogens is 398 g/mol. The first-order valence-corrected chi connectivity index (χ1v) is 10.3. The van der Waals surface area contributed by atoms with E-state index >= 15 is 0 Å². The Morgan fingerprint density at radius 3 is 2.67 bits per heavy atom. The maximum atomic E-state index is 12.6. The Kier molecular flexibility index (Phi) is 7.70. The van der Waals surface area contributed by atoms with Crippen LogP contribution in [0.15, 0.2) is 54.6 Å². The van der Waals surface area contributed by atoms with E-state index in [1.807, 2.05) is 31.2 Å². The number of carbonyl (C=O) groups excluding carboxylic acids is 2. The molecule has 1 saturated heterocycles. The summed E-state index contributed by atoms with van der Waals surface area (Å²) in [4.78, 5) is 24.7. The molecule has 0 spiro atoms. The Hall–Kier alpha value is -3.03. The third-order valence-electron chi connectivity index (χ3n) is 4.68. The van der Waals surface area contributed by atoms with Gasteiger partial charge >= 0.3 is 0 Å². The monoisotopic (exact) mass is 423 g/mol. The van der Waals surface area contributed by atoms with Crippen molar-refractivity contribution in [3.05, 3.63) is 71.3 Å². The van der Waals surface area contributed by atoms with E-state index in [0.29, 0.717) is 17.8 Å². The molecule has 1 fully saturated rings. The minimum atomic E-state index is -0.353. The van der Waals surface area contributed by atoms with Gasteiger partial charge in [-0.15, -0.1) is 0 Å². The van der Waals surface area contributed by atoms with Crippen molar-refractivity contribution in [3.63, 3.8) is 0 Å². The lowest BCUT2D eigenvalue weighted by molar-refractivity contribution is -0.115. The van der Waals surface area contributed by atoms with Crippen molar-refractivity contribution in [3.8, 4) is 0 Å². The Morgan fingerprint density at radius 2 is 1.93 bits per heavy atom. The summed E-state index contributed by atoms with van der Waals surface area (Å²) >= 11 is 5.23. The molecule has 30 heavy (non-hydrogen) atoms. The van der Waals surface area contributed by atoms with E-state index < -0.39 is 0 Å². The Labute approximate surface area is 181 Å². The number of ether oxygens (including phenoxy) is 1. The van der Waals surface area contributed by atoms with Crippen molar-refractivity contribution in [1.29, 1.82) is 0 Å². The number of para-hydroxylation sites is 1. The summed E-state index contributed by atoms with van der Waals surface area (Å²) in [5.74, 6) is -0.574. The summed E-state index contributed by atoms with van der Waals surface area (Å²) in [7, 11) is 0. The summed E-state index contributed by atoms with van der Waals surface area (Å²) in [5.41, 5.74) is 3.04. The maximum absolute atomic E-state index is 12.6. The van der Waals surface area contributed by atoms with Crippen LogP contribution in [-0.2, 0) is 9.53 Å². The molecule has 1 aliphatic heterocycles. The zero-order chi connectivity index (χ0) is 21.3. The van der Waals surface area contributed by atoms with E-state index in [2.05, 4.69) is 16.0 Å². The summed E-state index contributed by atoms with van der Waals surface area (Å²) in [6, 6.07) is 14.8. The first kappa shape index (κ1) is 21.7. The van der Waals surface area contributed by atoms with Crippen LogP contribution in [0.4, 0.5) is 5.69 Å². The van der Waals surface area contributed by atoms with Gasteiger partial charge in [0, 0.05) is 19.2 Å². The fourth-order valence-electron chi connectivity index (χ4n) is 3.05. The number of rotatable bonds is 6. The van der Waals surface area contributed by atoms with E-state index in [9.17, 15) is 9.59 Å². The van der Waals surface area contributed by atoms with Crippen LogP contribution < -0.4 is 16.0 Å². The summed E-state index contributed by atoms with van der Waals surface area (Å²) in [5, 5.41) is 8.54. The predicted octanol–water partition coefficient (Wildman–Crippen LogP) is 3.43. The summed E-state index contributed by atoms with van der Waals surface area (Å²) in [6.07, 6.45) is 5.16. The third-order valence-corrected chi connectivity index (χ3v) is 4.88. The van der Waals surface area contributed by atoms with Crippen molar-refractivity contribution >= 4 is 40.9 Å². The Balaban J connectivity index is 1.54.